The van der Waals surface area contributed by atoms with Crippen LogP contribution in [0.1, 0.15) is 63.9 Å². The van der Waals surface area contributed by atoms with Crippen LogP contribution < -0.4 is 4.74 Å². The number of pyridine rings is 1. The zero-order valence-corrected chi connectivity index (χ0v) is 19.4. The molecule has 158 valence electrons. The van der Waals surface area contributed by atoms with Crippen molar-refractivity contribution in [3.63, 3.8) is 0 Å². The fourth-order valence-electron chi connectivity index (χ4n) is 3.81. The van der Waals surface area contributed by atoms with Crippen molar-refractivity contribution in [1.29, 1.82) is 0 Å². The highest BCUT2D eigenvalue weighted by molar-refractivity contribution is 5.70. The third kappa shape index (κ3) is 5.93. The summed E-state index contributed by atoms with van der Waals surface area (Å²) in [4.78, 5) is 7.45. The Morgan fingerprint density at radius 3 is 2.24 bits per heavy atom. The summed E-state index contributed by atoms with van der Waals surface area (Å²) in [5.41, 5.74) is 8.39. The molecule has 0 radical (unpaired) electrons. The smallest absolute Gasteiger partial charge is 0.128 e. The summed E-state index contributed by atoms with van der Waals surface area (Å²) in [5.74, 6) is 0.954. The fourth-order valence-corrected chi connectivity index (χ4v) is 3.81. The van der Waals surface area contributed by atoms with Crippen LogP contribution in [0.3, 0.4) is 0 Å². The van der Waals surface area contributed by atoms with Gasteiger partial charge in [0.1, 0.15) is 5.75 Å². The van der Waals surface area contributed by atoms with E-state index in [-0.39, 0.29) is 6.10 Å². The number of benzene rings is 1. The van der Waals surface area contributed by atoms with Crippen LogP contribution in [0.4, 0.5) is 0 Å². The molecular formula is C26H38N2O. The first-order valence-electron chi connectivity index (χ1n) is 11.0. The molecule has 1 aromatic carbocycles. The lowest BCUT2D eigenvalue weighted by Gasteiger charge is -2.25. The number of likely N-dealkylation sites (N-methyl/N-ethyl adjacent to an activating group) is 1. The molecule has 0 amide bonds. The van der Waals surface area contributed by atoms with Gasteiger partial charge in [0, 0.05) is 36.0 Å². The zero-order valence-electron chi connectivity index (χ0n) is 19.4. The van der Waals surface area contributed by atoms with Crippen molar-refractivity contribution < 1.29 is 4.74 Å². The lowest BCUT2D eigenvalue weighted by Crippen LogP contribution is -2.26. The molecular weight excluding hydrogens is 356 g/mol. The van der Waals surface area contributed by atoms with Crippen molar-refractivity contribution in [2.45, 2.75) is 74.0 Å². The third-order valence-electron chi connectivity index (χ3n) is 5.23. The molecule has 2 rings (SSSR count). The minimum absolute atomic E-state index is 0.117. The van der Waals surface area contributed by atoms with Crippen LogP contribution >= 0.6 is 0 Å². The molecule has 1 heterocycles. The van der Waals surface area contributed by atoms with Crippen LogP contribution in [-0.4, -0.2) is 29.1 Å². The molecule has 0 saturated carbocycles. The van der Waals surface area contributed by atoms with Gasteiger partial charge >= 0.3 is 0 Å². The highest BCUT2D eigenvalue weighted by Gasteiger charge is 2.18. The topological polar surface area (TPSA) is 25.4 Å². The quantitative estimate of drug-likeness (QED) is 0.438. The van der Waals surface area contributed by atoms with Gasteiger partial charge in [-0.3, -0.25) is 9.88 Å². The van der Waals surface area contributed by atoms with Gasteiger partial charge in [0.25, 0.3) is 0 Å². The van der Waals surface area contributed by atoms with Crippen LogP contribution in [0, 0.1) is 6.92 Å². The summed E-state index contributed by atoms with van der Waals surface area (Å²) in [7, 11) is 0. The van der Waals surface area contributed by atoms with E-state index in [2.05, 4.69) is 84.2 Å². The Morgan fingerprint density at radius 2 is 1.76 bits per heavy atom. The van der Waals surface area contributed by atoms with Crippen molar-refractivity contribution in [2.75, 3.05) is 13.1 Å². The molecule has 0 spiro atoms. The molecule has 1 aromatic heterocycles. The minimum Gasteiger partial charge on any atom is -0.491 e. The van der Waals surface area contributed by atoms with E-state index in [1.165, 1.54) is 27.8 Å². The molecule has 29 heavy (non-hydrogen) atoms. The second-order valence-electron chi connectivity index (χ2n) is 8.15. The monoisotopic (exact) mass is 394 g/mol. The highest BCUT2D eigenvalue weighted by atomic mass is 16.5. The predicted molar refractivity (Wildman–Crippen MR) is 125 cm³/mol. The molecule has 0 fully saturated rings. The first-order valence-corrected chi connectivity index (χ1v) is 11.0. The number of hydrogen-bond donors (Lipinski definition) is 0. The van der Waals surface area contributed by atoms with Gasteiger partial charge in [-0.15, -0.1) is 0 Å². The maximum atomic E-state index is 6.30. The minimum atomic E-state index is 0.117. The van der Waals surface area contributed by atoms with E-state index < -0.39 is 0 Å². The van der Waals surface area contributed by atoms with Gasteiger partial charge in [-0.2, -0.15) is 0 Å². The molecule has 0 N–H and O–H groups in total. The Balaban J connectivity index is 2.59. The maximum Gasteiger partial charge on any atom is 0.128 e. The lowest BCUT2D eigenvalue weighted by atomic mass is 9.94. The van der Waals surface area contributed by atoms with Crippen molar-refractivity contribution in [2.24, 2.45) is 0 Å². The Bertz CT molecular complexity index is 817. The fraction of sp³-hybridized carbons (Fsp3) is 0.500. The van der Waals surface area contributed by atoms with Gasteiger partial charge in [-0.05, 0) is 58.2 Å². The normalized spacial score (nSPS) is 11.3. The average Bonchev–Trinajstić information content (AvgIpc) is 2.67. The standard InChI is InChI=1S/C26H38N2O/c1-9-21-13-12-14-22(10-2)26(21)24-15-25(29-19(6)7)23(20(8)27-24)17-28(11-3)16-18(4)5/h12-15,19H,4,9-11,16-17H2,1-3,5-8H3. The van der Waals surface area contributed by atoms with Gasteiger partial charge in [-0.1, -0.05) is 51.1 Å². The lowest BCUT2D eigenvalue weighted by molar-refractivity contribution is 0.231. The Kier molecular flexibility index (Phi) is 8.45. The second-order valence-corrected chi connectivity index (χ2v) is 8.15. The Hall–Kier alpha value is -2.13. The summed E-state index contributed by atoms with van der Waals surface area (Å²) in [6, 6.07) is 8.75. The van der Waals surface area contributed by atoms with Crippen molar-refractivity contribution in [1.82, 2.24) is 9.88 Å². The predicted octanol–water partition coefficient (Wildman–Crippen LogP) is 6.37. The summed E-state index contributed by atoms with van der Waals surface area (Å²) in [6.07, 6.45) is 2.11. The number of ether oxygens (including phenoxy) is 1. The van der Waals surface area contributed by atoms with Gasteiger partial charge in [0.2, 0.25) is 0 Å². The SMILES string of the molecule is C=C(C)CN(CC)Cc1c(OC(C)C)cc(-c2c(CC)cccc2CC)nc1C. The van der Waals surface area contributed by atoms with Crippen LogP contribution in [-0.2, 0) is 19.4 Å². The molecule has 0 bridgehead atoms. The molecule has 0 aliphatic rings. The molecule has 0 saturated heterocycles. The van der Waals surface area contributed by atoms with Crippen LogP contribution in [0.5, 0.6) is 5.75 Å². The van der Waals surface area contributed by atoms with Crippen molar-refractivity contribution in [3.8, 4) is 17.0 Å². The van der Waals surface area contributed by atoms with E-state index in [0.717, 1.165) is 49.6 Å². The van der Waals surface area contributed by atoms with Gasteiger partial charge < -0.3 is 4.74 Å². The molecule has 0 atom stereocenters. The molecule has 2 aromatic rings. The van der Waals surface area contributed by atoms with E-state index in [1.54, 1.807) is 0 Å². The van der Waals surface area contributed by atoms with Crippen LogP contribution in [0.15, 0.2) is 36.4 Å². The number of nitrogens with zero attached hydrogens (tertiary/aromatic N) is 2. The van der Waals surface area contributed by atoms with E-state index >= 15 is 0 Å². The Labute approximate surface area is 177 Å². The van der Waals surface area contributed by atoms with E-state index in [4.69, 9.17) is 9.72 Å². The number of aromatic nitrogens is 1. The van der Waals surface area contributed by atoms with E-state index in [1.807, 2.05) is 0 Å². The molecule has 3 nitrogen and oxygen atoms in total. The molecule has 0 aliphatic heterocycles. The molecule has 3 heteroatoms. The average molecular weight is 395 g/mol. The summed E-state index contributed by atoms with van der Waals surface area (Å²) >= 11 is 0. The largest absolute Gasteiger partial charge is 0.491 e. The van der Waals surface area contributed by atoms with E-state index in [9.17, 15) is 0 Å². The van der Waals surface area contributed by atoms with Gasteiger partial charge in [-0.25, -0.2) is 0 Å². The van der Waals surface area contributed by atoms with Gasteiger partial charge in [0.15, 0.2) is 0 Å². The van der Waals surface area contributed by atoms with Gasteiger partial charge in [0.05, 0.1) is 11.8 Å². The number of rotatable bonds is 10. The molecule has 0 aliphatic carbocycles. The van der Waals surface area contributed by atoms with E-state index in [0.29, 0.717) is 0 Å². The first-order chi connectivity index (χ1) is 13.8. The van der Waals surface area contributed by atoms with Crippen LogP contribution in [0.2, 0.25) is 0 Å². The van der Waals surface area contributed by atoms with Crippen molar-refractivity contribution >= 4 is 0 Å². The number of aryl methyl sites for hydroxylation is 3. The first kappa shape index (κ1) is 23.2. The summed E-state index contributed by atoms with van der Waals surface area (Å²) < 4.78 is 6.30. The Morgan fingerprint density at radius 1 is 1.14 bits per heavy atom. The third-order valence-corrected chi connectivity index (χ3v) is 5.23. The summed E-state index contributed by atoms with van der Waals surface area (Å²) in [6.45, 7) is 21.7. The molecule has 0 unspecified atom stereocenters. The van der Waals surface area contributed by atoms with Crippen LogP contribution in [0.25, 0.3) is 11.3 Å². The maximum absolute atomic E-state index is 6.30. The highest BCUT2D eigenvalue weighted by Crippen LogP contribution is 2.34. The zero-order chi connectivity index (χ0) is 21.6. The number of hydrogen-bond acceptors (Lipinski definition) is 3. The summed E-state index contributed by atoms with van der Waals surface area (Å²) in [5, 5.41) is 0. The van der Waals surface area contributed by atoms with Crippen molar-refractivity contribution in [3.05, 3.63) is 58.8 Å². The second kappa shape index (κ2) is 10.6.